The van der Waals surface area contributed by atoms with E-state index in [9.17, 15) is 14.4 Å². The number of rotatable bonds is 5. The van der Waals surface area contributed by atoms with E-state index >= 15 is 0 Å². The molecule has 38 heavy (non-hydrogen) atoms. The molecule has 2 aromatic rings. The first-order valence-corrected chi connectivity index (χ1v) is 13.8. The molecule has 1 aromatic carbocycles. The Labute approximate surface area is 224 Å². The SMILES string of the molecule is CC[C@H](C)[C@@H]1NC(=O)CCCN(C(=O)[C@H]2CCCO2)CCn2nc(C)nc2[C@H](Cc2ccccc2)NC1=O. The van der Waals surface area contributed by atoms with E-state index in [0.29, 0.717) is 57.2 Å². The fraction of sp³-hybridized carbons (Fsp3) is 0.607. The van der Waals surface area contributed by atoms with Gasteiger partial charge >= 0.3 is 0 Å². The monoisotopic (exact) mass is 524 g/mol. The molecule has 10 nitrogen and oxygen atoms in total. The van der Waals surface area contributed by atoms with Crippen LogP contribution in [0.1, 0.15) is 69.2 Å². The van der Waals surface area contributed by atoms with E-state index in [0.717, 1.165) is 18.4 Å². The molecule has 0 spiro atoms. The first-order valence-electron chi connectivity index (χ1n) is 13.8. The van der Waals surface area contributed by atoms with Gasteiger partial charge in [-0.2, -0.15) is 5.10 Å². The van der Waals surface area contributed by atoms with Crippen LogP contribution < -0.4 is 10.6 Å². The number of nitrogens with one attached hydrogen (secondary N) is 2. The van der Waals surface area contributed by atoms with Gasteiger partial charge in [0.15, 0.2) is 0 Å². The molecule has 0 aliphatic carbocycles. The maximum Gasteiger partial charge on any atom is 0.251 e. The highest BCUT2D eigenvalue weighted by Gasteiger charge is 2.32. The van der Waals surface area contributed by atoms with Crippen LogP contribution in [0.5, 0.6) is 0 Å². The van der Waals surface area contributed by atoms with Crippen LogP contribution >= 0.6 is 0 Å². The molecule has 10 heteroatoms. The van der Waals surface area contributed by atoms with Crippen LogP contribution in [-0.2, 0) is 32.1 Å². The van der Waals surface area contributed by atoms with Crippen LogP contribution in [-0.4, -0.2) is 69.2 Å². The fourth-order valence-corrected chi connectivity index (χ4v) is 5.11. The number of nitrogens with zero attached hydrogens (tertiary/aromatic N) is 4. The van der Waals surface area contributed by atoms with Crippen LogP contribution in [0.3, 0.4) is 0 Å². The summed E-state index contributed by atoms with van der Waals surface area (Å²) in [6, 6.07) is 8.79. The van der Waals surface area contributed by atoms with Crippen LogP contribution in [0.15, 0.2) is 30.3 Å². The summed E-state index contributed by atoms with van der Waals surface area (Å²) < 4.78 is 7.47. The average Bonchev–Trinajstić information content (AvgIpc) is 3.58. The summed E-state index contributed by atoms with van der Waals surface area (Å²) in [6.07, 6.45) is 3.14. The number of carbonyl (C=O) groups is 3. The maximum absolute atomic E-state index is 13.6. The van der Waals surface area contributed by atoms with Crippen molar-refractivity contribution in [3.63, 3.8) is 0 Å². The molecule has 1 saturated heterocycles. The average molecular weight is 525 g/mol. The van der Waals surface area contributed by atoms with Crippen LogP contribution in [0.2, 0.25) is 0 Å². The molecule has 3 heterocycles. The normalized spacial score (nSPS) is 24.2. The van der Waals surface area contributed by atoms with E-state index in [2.05, 4.69) is 15.7 Å². The van der Waals surface area contributed by atoms with Crippen molar-refractivity contribution in [3.8, 4) is 0 Å². The zero-order valence-electron chi connectivity index (χ0n) is 22.7. The lowest BCUT2D eigenvalue weighted by Crippen LogP contribution is -2.51. The molecule has 0 radical (unpaired) electrons. The number of fused-ring (bicyclic) bond motifs is 1. The Hall–Kier alpha value is -3.27. The Morgan fingerprint density at radius 3 is 2.63 bits per heavy atom. The number of ether oxygens (including phenoxy) is 1. The van der Waals surface area contributed by atoms with Gasteiger partial charge in [0.2, 0.25) is 11.8 Å². The third kappa shape index (κ3) is 6.98. The molecule has 206 valence electrons. The quantitative estimate of drug-likeness (QED) is 0.620. The van der Waals surface area contributed by atoms with Crippen molar-refractivity contribution in [3.05, 3.63) is 47.5 Å². The summed E-state index contributed by atoms with van der Waals surface area (Å²) in [4.78, 5) is 46.2. The predicted octanol–water partition coefficient (Wildman–Crippen LogP) is 2.32. The molecule has 1 aromatic heterocycles. The molecular weight excluding hydrogens is 484 g/mol. The van der Waals surface area contributed by atoms with E-state index < -0.39 is 18.2 Å². The molecule has 0 bridgehead atoms. The number of amides is 3. The maximum atomic E-state index is 13.6. The summed E-state index contributed by atoms with van der Waals surface area (Å²) in [5.74, 6) is 0.719. The molecule has 2 N–H and O–H groups in total. The second-order valence-corrected chi connectivity index (χ2v) is 10.4. The smallest absolute Gasteiger partial charge is 0.251 e. The highest BCUT2D eigenvalue weighted by molar-refractivity contribution is 5.88. The van der Waals surface area contributed by atoms with Crippen LogP contribution in [0, 0.1) is 12.8 Å². The molecule has 3 amide bonds. The topological polar surface area (TPSA) is 118 Å². The van der Waals surface area contributed by atoms with Gasteiger partial charge in [-0.05, 0) is 44.1 Å². The van der Waals surface area contributed by atoms with Crippen molar-refractivity contribution >= 4 is 17.7 Å². The van der Waals surface area contributed by atoms with E-state index in [4.69, 9.17) is 9.72 Å². The Kier molecular flexibility index (Phi) is 9.49. The fourth-order valence-electron chi connectivity index (χ4n) is 5.11. The number of hydrogen-bond donors (Lipinski definition) is 2. The lowest BCUT2D eigenvalue weighted by Gasteiger charge is -2.29. The Morgan fingerprint density at radius 2 is 1.92 bits per heavy atom. The van der Waals surface area contributed by atoms with Gasteiger partial charge in [-0.3, -0.25) is 14.4 Å². The summed E-state index contributed by atoms with van der Waals surface area (Å²) in [6.45, 7) is 7.67. The standard InChI is InChI=1S/C28H40N6O4/c1-4-19(2)25-27(36)30-22(18-21-10-6-5-7-11-21)26-29-20(3)32-34(26)16-15-33(14-8-13-24(35)31-25)28(37)23-12-9-17-38-23/h5-7,10-11,19,22-23,25H,4,8-9,12-18H2,1-3H3,(H,30,36)(H,31,35)/t19-,22-,23+,25-/m0/s1. The van der Waals surface area contributed by atoms with Crippen LogP contribution in [0.4, 0.5) is 0 Å². The summed E-state index contributed by atoms with van der Waals surface area (Å²) in [7, 11) is 0. The molecule has 0 unspecified atom stereocenters. The first-order chi connectivity index (χ1) is 18.4. The number of aryl methyl sites for hydroxylation is 1. The van der Waals surface area contributed by atoms with Crippen molar-refractivity contribution in [2.45, 2.75) is 84.0 Å². The summed E-state index contributed by atoms with van der Waals surface area (Å²) in [5.41, 5.74) is 1.05. The molecule has 0 saturated carbocycles. The molecule has 4 rings (SSSR count). The van der Waals surface area contributed by atoms with Gasteiger partial charge in [-0.25, -0.2) is 9.67 Å². The van der Waals surface area contributed by atoms with Crippen molar-refractivity contribution < 1.29 is 19.1 Å². The Bertz CT molecular complexity index is 1100. The number of benzene rings is 1. The predicted molar refractivity (Wildman–Crippen MR) is 142 cm³/mol. The molecule has 1 fully saturated rings. The minimum atomic E-state index is -0.671. The zero-order chi connectivity index (χ0) is 27.1. The van der Waals surface area contributed by atoms with Gasteiger partial charge in [0.05, 0.1) is 12.6 Å². The third-order valence-electron chi connectivity index (χ3n) is 7.46. The summed E-state index contributed by atoms with van der Waals surface area (Å²) in [5, 5.41) is 10.8. The van der Waals surface area contributed by atoms with Gasteiger partial charge in [0, 0.05) is 26.1 Å². The number of aromatic nitrogens is 3. The first kappa shape index (κ1) is 27.8. The zero-order valence-corrected chi connectivity index (χ0v) is 22.7. The minimum Gasteiger partial charge on any atom is -0.368 e. The van der Waals surface area contributed by atoms with Crippen molar-refractivity contribution in [2.24, 2.45) is 5.92 Å². The van der Waals surface area contributed by atoms with Gasteiger partial charge in [-0.1, -0.05) is 50.6 Å². The van der Waals surface area contributed by atoms with Crippen molar-refractivity contribution in [2.75, 3.05) is 19.7 Å². The van der Waals surface area contributed by atoms with E-state index in [-0.39, 0.29) is 30.1 Å². The van der Waals surface area contributed by atoms with Gasteiger partial charge < -0.3 is 20.3 Å². The molecule has 2 aliphatic rings. The largest absolute Gasteiger partial charge is 0.368 e. The molecule has 4 atom stereocenters. The number of carbonyl (C=O) groups excluding carboxylic acids is 3. The minimum absolute atomic E-state index is 0.0417. The Balaban J connectivity index is 1.67. The molecule has 2 aliphatic heterocycles. The highest BCUT2D eigenvalue weighted by atomic mass is 16.5. The second-order valence-electron chi connectivity index (χ2n) is 10.4. The van der Waals surface area contributed by atoms with Gasteiger partial charge in [0.25, 0.3) is 5.91 Å². The van der Waals surface area contributed by atoms with Crippen LogP contribution in [0.25, 0.3) is 0 Å². The van der Waals surface area contributed by atoms with Crippen molar-refractivity contribution in [1.29, 1.82) is 0 Å². The van der Waals surface area contributed by atoms with E-state index in [1.807, 2.05) is 55.8 Å². The van der Waals surface area contributed by atoms with Gasteiger partial charge in [-0.15, -0.1) is 0 Å². The van der Waals surface area contributed by atoms with E-state index in [1.165, 1.54) is 0 Å². The second kappa shape index (κ2) is 13.0. The Morgan fingerprint density at radius 1 is 1.13 bits per heavy atom. The number of hydrogen-bond acceptors (Lipinski definition) is 6. The van der Waals surface area contributed by atoms with Gasteiger partial charge in [0.1, 0.15) is 23.8 Å². The lowest BCUT2D eigenvalue weighted by atomic mass is 9.97. The summed E-state index contributed by atoms with van der Waals surface area (Å²) >= 11 is 0. The van der Waals surface area contributed by atoms with E-state index in [1.54, 1.807) is 4.90 Å². The van der Waals surface area contributed by atoms with Crippen molar-refractivity contribution in [1.82, 2.24) is 30.3 Å². The lowest BCUT2D eigenvalue weighted by molar-refractivity contribution is -0.141. The molecular formula is C28H40N6O4. The highest BCUT2D eigenvalue weighted by Crippen LogP contribution is 2.21. The third-order valence-corrected chi connectivity index (χ3v) is 7.46.